The molecule has 0 aliphatic heterocycles. The Balaban J connectivity index is 2.70. The number of aryl methyl sites for hydroxylation is 1. The van der Waals surface area contributed by atoms with E-state index in [1.165, 1.54) is 6.92 Å². The summed E-state index contributed by atoms with van der Waals surface area (Å²) < 4.78 is 9.92. The van der Waals surface area contributed by atoms with E-state index in [-0.39, 0.29) is 12.6 Å². The molecule has 1 unspecified atom stereocenters. The molecule has 0 heterocycles. The summed E-state index contributed by atoms with van der Waals surface area (Å²) in [5.41, 5.74) is 1.39. The van der Waals surface area contributed by atoms with Gasteiger partial charge in [-0.2, -0.15) is 0 Å². The molecule has 7 nitrogen and oxygen atoms in total. The molecule has 0 aromatic heterocycles. The van der Waals surface area contributed by atoms with Crippen LogP contribution in [0.4, 0.5) is 0 Å². The normalized spacial score (nSPS) is 12.9. The van der Waals surface area contributed by atoms with Crippen LogP contribution in [0.25, 0.3) is 0 Å². The summed E-state index contributed by atoms with van der Waals surface area (Å²) in [6.07, 6.45) is 0.918. The van der Waals surface area contributed by atoms with Gasteiger partial charge in [-0.05, 0) is 51.3 Å². The molecule has 0 amide bonds. The molecule has 0 saturated heterocycles. The van der Waals surface area contributed by atoms with Gasteiger partial charge in [0.05, 0.1) is 18.8 Å². The molecule has 1 aromatic rings. The van der Waals surface area contributed by atoms with Crippen LogP contribution in [-0.4, -0.2) is 48.3 Å². The maximum atomic E-state index is 12.0. The van der Waals surface area contributed by atoms with Crippen LogP contribution in [0.5, 0.6) is 0 Å². The van der Waals surface area contributed by atoms with E-state index in [4.69, 9.17) is 14.6 Å². The van der Waals surface area contributed by atoms with Gasteiger partial charge >= 0.3 is 17.9 Å². The Hall–Kier alpha value is -2.41. The third-order valence-corrected chi connectivity index (χ3v) is 3.58. The standard InChI is InChI=1S/C18H25NO6/c1-4-24-17(22)14-9-6-13(7-10-14)8-11-15(18(23)25-5-2)19-12(3)16(20)21/h6-7,9-10,12,15,19H,4-5,8,11H2,1-3H3,(H,20,21)/t12-,15?/m0/s1. The maximum Gasteiger partial charge on any atom is 0.338 e. The van der Waals surface area contributed by atoms with Gasteiger partial charge in [-0.1, -0.05) is 12.1 Å². The number of rotatable bonds is 10. The fourth-order valence-corrected chi connectivity index (χ4v) is 2.22. The van der Waals surface area contributed by atoms with E-state index in [9.17, 15) is 14.4 Å². The van der Waals surface area contributed by atoms with Crippen molar-refractivity contribution in [2.75, 3.05) is 13.2 Å². The van der Waals surface area contributed by atoms with Crippen molar-refractivity contribution >= 4 is 17.9 Å². The van der Waals surface area contributed by atoms with Crippen LogP contribution in [0.2, 0.25) is 0 Å². The minimum absolute atomic E-state index is 0.229. The highest BCUT2D eigenvalue weighted by molar-refractivity contribution is 5.89. The largest absolute Gasteiger partial charge is 0.480 e. The summed E-state index contributed by atoms with van der Waals surface area (Å²) in [5, 5.41) is 11.8. The first-order chi connectivity index (χ1) is 11.9. The predicted molar refractivity (Wildman–Crippen MR) is 91.4 cm³/mol. The Morgan fingerprint density at radius 2 is 1.68 bits per heavy atom. The summed E-state index contributed by atoms with van der Waals surface area (Å²) in [6, 6.07) is 5.33. The number of hydrogen-bond acceptors (Lipinski definition) is 6. The summed E-state index contributed by atoms with van der Waals surface area (Å²) >= 11 is 0. The Bertz CT molecular complexity index is 584. The molecule has 25 heavy (non-hydrogen) atoms. The number of carbonyl (C=O) groups excluding carboxylic acids is 2. The van der Waals surface area contributed by atoms with Crippen LogP contribution in [0.15, 0.2) is 24.3 Å². The predicted octanol–water partition coefficient (Wildman–Crippen LogP) is 1.79. The second-order valence-electron chi connectivity index (χ2n) is 5.49. The molecule has 0 spiro atoms. The molecule has 0 aliphatic carbocycles. The van der Waals surface area contributed by atoms with Crippen LogP contribution in [0.3, 0.4) is 0 Å². The highest BCUT2D eigenvalue weighted by Crippen LogP contribution is 2.10. The van der Waals surface area contributed by atoms with Crippen molar-refractivity contribution in [1.29, 1.82) is 0 Å². The minimum Gasteiger partial charge on any atom is -0.480 e. The zero-order valence-electron chi connectivity index (χ0n) is 14.8. The molecule has 7 heteroatoms. The van der Waals surface area contributed by atoms with Gasteiger partial charge in [0, 0.05) is 0 Å². The molecule has 2 N–H and O–H groups in total. The van der Waals surface area contributed by atoms with Gasteiger partial charge in [-0.3, -0.25) is 14.9 Å². The number of esters is 2. The molecule has 0 aliphatic rings. The number of carbonyl (C=O) groups is 3. The first kappa shape index (κ1) is 20.6. The maximum absolute atomic E-state index is 12.0. The number of hydrogen-bond donors (Lipinski definition) is 2. The van der Waals surface area contributed by atoms with Crippen molar-refractivity contribution in [3.63, 3.8) is 0 Å². The number of nitrogens with one attached hydrogen (secondary N) is 1. The molecular weight excluding hydrogens is 326 g/mol. The van der Waals surface area contributed by atoms with Crippen LogP contribution in [0, 0.1) is 0 Å². The van der Waals surface area contributed by atoms with E-state index in [2.05, 4.69) is 5.32 Å². The van der Waals surface area contributed by atoms with Gasteiger partial charge < -0.3 is 14.6 Å². The molecule has 1 aromatic carbocycles. The zero-order chi connectivity index (χ0) is 18.8. The topological polar surface area (TPSA) is 102 Å². The minimum atomic E-state index is -1.03. The summed E-state index contributed by atoms with van der Waals surface area (Å²) in [4.78, 5) is 34.6. The third kappa shape index (κ3) is 6.93. The first-order valence-corrected chi connectivity index (χ1v) is 8.30. The van der Waals surface area contributed by atoms with Crippen LogP contribution in [0.1, 0.15) is 43.1 Å². The fraction of sp³-hybridized carbons (Fsp3) is 0.500. The SMILES string of the molecule is CCOC(=O)c1ccc(CCC(N[C@@H](C)C(=O)O)C(=O)OCC)cc1. The second kappa shape index (κ2) is 10.5. The van der Waals surface area contributed by atoms with Crippen LogP contribution < -0.4 is 5.32 Å². The summed E-state index contributed by atoms with van der Waals surface area (Å²) in [6.45, 7) is 5.46. The van der Waals surface area contributed by atoms with Crippen molar-refractivity contribution in [2.45, 2.75) is 45.7 Å². The highest BCUT2D eigenvalue weighted by atomic mass is 16.5. The van der Waals surface area contributed by atoms with E-state index in [0.29, 0.717) is 25.0 Å². The molecule has 0 bridgehead atoms. The lowest BCUT2D eigenvalue weighted by atomic mass is 10.0. The average molecular weight is 351 g/mol. The quantitative estimate of drug-likeness (QED) is 0.620. The van der Waals surface area contributed by atoms with Gasteiger partial charge in [0.15, 0.2) is 0 Å². The smallest absolute Gasteiger partial charge is 0.338 e. The molecule has 0 radical (unpaired) electrons. The van der Waals surface area contributed by atoms with E-state index < -0.39 is 24.0 Å². The lowest BCUT2D eigenvalue weighted by Gasteiger charge is -2.19. The average Bonchev–Trinajstić information content (AvgIpc) is 2.59. The third-order valence-electron chi connectivity index (χ3n) is 3.58. The van der Waals surface area contributed by atoms with Gasteiger partial charge in [-0.25, -0.2) is 4.79 Å². The molecular formula is C18H25NO6. The van der Waals surface area contributed by atoms with Gasteiger partial charge in [0.25, 0.3) is 0 Å². The van der Waals surface area contributed by atoms with E-state index >= 15 is 0 Å². The van der Waals surface area contributed by atoms with E-state index in [0.717, 1.165) is 5.56 Å². The zero-order valence-corrected chi connectivity index (χ0v) is 14.8. The molecule has 1 rings (SSSR count). The number of aliphatic carboxylic acids is 1. The van der Waals surface area contributed by atoms with Gasteiger partial charge in [0.2, 0.25) is 0 Å². The Labute approximate surface area is 147 Å². The van der Waals surface area contributed by atoms with Crippen molar-refractivity contribution in [3.8, 4) is 0 Å². The number of ether oxygens (including phenoxy) is 2. The van der Waals surface area contributed by atoms with Gasteiger partial charge in [0.1, 0.15) is 12.1 Å². The van der Waals surface area contributed by atoms with Crippen LogP contribution in [-0.2, 0) is 25.5 Å². The monoisotopic (exact) mass is 351 g/mol. The van der Waals surface area contributed by atoms with E-state index in [1.807, 2.05) is 0 Å². The van der Waals surface area contributed by atoms with E-state index in [1.54, 1.807) is 38.1 Å². The fourth-order valence-electron chi connectivity index (χ4n) is 2.22. The lowest BCUT2D eigenvalue weighted by Crippen LogP contribution is -2.46. The lowest BCUT2D eigenvalue weighted by molar-refractivity contribution is -0.147. The number of benzene rings is 1. The Kier molecular flexibility index (Phi) is 8.63. The van der Waals surface area contributed by atoms with Crippen molar-refractivity contribution in [1.82, 2.24) is 5.32 Å². The summed E-state index contributed by atoms with van der Waals surface area (Å²) in [7, 11) is 0. The van der Waals surface area contributed by atoms with Gasteiger partial charge in [-0.15, -0.1) is 0 Å². The van der Waals surface area contributed by atoms with Crippen LogP contribution >= 0.6 is 0 Å². The molecule has 0 fully saturated rings. The number of carboxylic acid groups (broad SMARTS) is 1. The van der Waals surface area contributed by atoms with Crippen molar-refractivity contribution in [2.24, 2.45) is 0 Å². The Morgan fingerprint density at radius 1 is 1.08 bits per heavy atom. The highest BCUT2D eigenvalue weighted by Gasteiger charge is 2.24. The summed E-state index contributed by atoms with van der Waals surface area (Å²) in [5.74, 6) is -1.89. The number of carboxylic acids is 1. The molecule has 2 atom stereocenters. The Morgan fingerprint density at radius 3 is 2.20 bits per heavy atom. The molecule has 138 valence electrons. The van der Waals surface area contributed by atoms with Crippen molar-refractivity contribution < 1.29 is 29.0 Å². The first-order valence-electron chi connectivity index (χ1n) is 8.30. The molecule has 0 saturated carbocycles. The van der Waals surface area contributed by atoms with Crippen molar-refractivity contribution in [3.05, 3.63) is 35.4 Å². The second-order valence-corrected chi connectivity index (χ2v) is 5.49.